The van der Waals surface area contributed by atoms with Crippen LogP contribution in [0.15, 0.2) is 28.8 Å². The Kier molecular flexibility index (Phi) is 3.85. The van der Waals surface area contributed by atoms with Crippen molar-refractivity contribution in [2.24, 2.45) is 11.7 Å². The van der Waals surface area contributed by atoms with Crippen LogP contribution in [0.25, 0.3) is 0 Å². The molecule has 2 rings (SSSR count). The Morgan fingerprint density at radius 3 is 2.42 bits per heavy atom. The largest absolute Gasteiger partial charge is 0.361 e. The smallest absolute Gasteiger partial charge is 0.315 e. The second-order valence-electron chi connectivity index (χ2n) is 4.60. The summed E-state index contributed by atoms with van der Waals surface area (Å²) in [6.07, 6.45) is 0. The monoisotopic (exact) mass is 279 g/mol. The first-order valence-corrected chi connectivity index (χ1v) is 6.25. The highest BCUT2D eigenvalue weighted by Crippen LogP contribution is 2.30. The van der Waals surface area contributed by atoms with Gasteiger partial charge in [0.1, 0.15) is 0 Å². The van der Waals surface area contributed by atoms with Gasteiger partial charge >= 0.3 is 11.8 Å². The predicted molar refractivity (Wildman–Crippen MR) is 70.9 cm³/mol. The van der Waals surface area contributed by atoms with Crippen molar-refractivity contribution >= 4 is 17.5 Å². The van der Waals surface area contributed by atoms with Crippen molar-refractivity contribution in [3.63, 3.8) is 0 Å². The molecule has 6 heteroatoms. The zero-order valence-electron chi connectivity index (χ0n) is 10.6. The van der Waals surface area contributed by atoms with Crippen LogP contribution in [0.2, 0.25) is 5.02 Å². The van der Waals surface area contributed by atoms with Gasteiger partial charge in [-0.1, -0.05) is 42.7 Å². The molecular weight excluding hydrogens is 266 g/mol. The van der Waals surface area contributed by atoms with Crippen molar-refractivity contribution in [2.45, 2.75) is 19.8 Å². The topological polar surface area (TPSA) is 82.0 Å². The highest BCUT2D eigenvalue weighted by Gasteiger charge is 2.24. The summed E-state index contributed by atoms with van der Waals surface area (Å²) in [6, 6.07) is 7.43. The Bertz CT molecular complexity index is 578. The van der Waals surface area contributed by atoms with Gasteiger partial charge in [0.15, 0.2) is 5.82 Å². The Hall–Kier alpha value is -1.88. The Labute approximate surface area is 115 Å². The summed E-state index contributed by atoms with van der Waals surface area (Å²) in [6.45, 7) is 4.08. The molecule has 0 spiro atoms. The molecule has 100 valence electrons. The third-order valence-electron chi connectivity index (χ3n) is 2.83. The number of amides is 1. The molecule has 1 aromatic carbocycles. The van der Waals surface area contributed by atoms with Crippen LogP contribution in [0, 0.1) is 5.92 Å². The minimum absolute atomic E-state index is 0.0749. The third-order valence-corrected chi connectivity index (χ3v) is 3.08. The van der Waals surface area contributed by atoms with Crippen LogP contribution in [0.4, 0.5) is 0 Å². The Morgan fingerprint density at radius 2 is 1.95 bits per heavy atom. The molecule has 0 radical (unpaired) electrons. The first-order chi connectivity index (χ1) is 8.99. The maximum absolute atomic E-state index is 11.0. The van der Waals surface area contributed by atoms with Crippen molar-refractivity contribution in [1.82, 2.24) is 10.1 Å². The van der Waals surface area contributed by atoms with Crippen molar-refractivity contribution < 1.29 is 9.32 Å². The Morgan fingerprint density at radius 1 is 1.32 bits per heavy atom. The van der Waals surface area contributed by atoms with Gasteiger partial charge in [-0.25, -0.2) is 0 Å². The van der Waals surface area contributed by atoms with Gasteiger partial charge in [-0.3, -0.25) is 4.79 Å². The molecular formula is C13H14ClN3O2. The minimum Gasteiger partial charge on any atom is -0.361 e. The summed E-state index contributed by atoms with van der Waals surface area (Å²) in [5.41, 5.74) is 6.12. The highest BCUT2D eigenvalue weighted by molar-refractivity contribution is 6.30. The lowest BCUT2D eigenvalue weighted by molar-refractivity contribution is 0.0958. The van der Waals surface area contributed by atoms with E-state index in [4.69, 9.17) is 21.9 Å². The summed E-state index contributed by atoms with van der Waals surface area (Å²) in [5.74, 6) is -0.285. The van der Waals surface area contributed by atoms with E-state index in [1.165, 1.54) is 0 Å². The number of hydrogen-bond acceptors (Lipinski definition) is 4. The van der Waals surface area contributed by atoms with Gasteiger partial charge in [-0.15, -0.1) is 0 Å². The fourth-order valence-electron chi connectivity index (χ4n) is 1.96. The van der Waals surface area contributed by atoms with Crippen LogP contribution < -0.4 is 5.73 Å². The van der Waals surface area contributed by atoms with Crippen LogP contribution >= 0.6 is 11.6 Å². The Balaban J connectivity index is 2.39. The molecule has 1 amide bonds. The molecule has 5 nitrogen and oxygen atoms in total. The first kappa shape index (κ1) is 13.5. The number of rotatable bonds is 4. The van der Waals surface area contributed by atoms with Crippen LogP contribution in [0.5, 0.6) is 0 Å². The van der Waals surface area contributed by atoms with Gasteiger partial charge < -0.3 is 10.3 Å². The van der Waals surface area contributed by atoms with Gasteiger partial charge in [0.05, 0.1) is 0 Å². The van der Waals surface area contributed by atoms with Crippen LogP contribution in [0.1, 0.15) is 41.8 Å². The molecule has 0 aliphatic rings. The standard InChI is InChI=1S/C13H14ClN3O2/c1-7(2)10(8-3-5-9(14)6-4-8)12-16-13(11(15)18)19-17-12/h3-7,10H,1-2H3,(H2,15,18). The van der Waals surface area contributed by atoms with E-state index in [9.17, 15) is 4.79 Å². The van der Waals surface area contributed by atoms with Gasteiger partial charge in [0.2, 0.25) is 0 Å². The van der Waals surface area contributed by atoms with Gasteiger partial charge in [0.25, 0.3) is 0 Å². The molecule has 19 heavy (non-hydrogen) atoms. The van der Waals surface area contributed by atoms with E-state index in [2.05, 4.69) is 10.1 Å². The molecule has 1 aromatic heterocycles. The van der Waals surface area contributed by atoms with E-state index in [-0.39, 0.29) is 17.7 Å². The lowest BCUT2D eigenvalue weighted by Crippen LogP contribution is -2.13. The quantitative estimate of drug-likeness (QED) is 0.932. The number of hydrogen-bond donors (Lipinski definition) is 1. The van der Waals surface area contributed by atoms with E-state index in [0.29, 0.717) is 10.8 Å². The van der Waals surface area contributed by atoms with Gasteiger partial charge in [-0.2, -0.15) is 4.98 Å². The maximum Gasteiger partial charge on any atom is 0.315 e. The van der Waals surface area contributed by atoms with Crippen molar-refractivity contribution in [2.75, 3.05) is 0 Å². The summed E-state index contributed by atoms with van der Waals surface area (Å²) in [7, 11) is 0. The molecule has 0 aliphatic heterocycles. The SMILES string of the molecule is CC(C)C(c1ccc(Cl)cc1)c1noc(C(N)=O)n1. The molecule has 2 aromatic rings. The average molecular weight is 280 g/mol. The van der Waals surface area contributed by atoms with E-state index in [1.807, 2.05) is 26.0 Å². The summed E-state index contributed by atoms with van der Waals surface area (Å²) >= 11 is 5.88. The summed E-state index contributed by atoms with van der Waals surface area (Å²) in [4.78, 5) is 15.0. The van der Waals surface area contributed by atoms with Crippen LogP contribution in [0.3, 0.4) is 0 Å². The lowest BCUT2D eigenvalue weighted by Gasteiger charge is -2.17. The molecule has 0 saturated heterocycles. The molecule has 0 bridgehead atoms. The maximum atomic E-state index is 11.0. The molecule has 2 N–H and O–H groups in total. The number of primary amides is 1. The number of aromatic nitrogens is 2. The van der Waals surface area contributed by atoms with E-state index in [0.717, 1.165) is 5.56 Å². The van der Waals surface area contributed by atoms with Gasteiger partial charge in [0, 0.05) is 10.9 Å². The molecule has 0 aliphatic carbocycles. The number of benzene rings is 1. The van der Waals surface area contributed by atoms with Gasteiger partial charge in [-0.05, 0) is 23.6 Å². The number of carbonyl (C=O) groups excluding carboxylic acids is 1. The zero-order valence-corrected chi connectivity index (χ0v) is 11.4. The second kappa shape index (κ2) is 5.40. The second-order valence-corrected chi connectivity index (χ2v) is 5.03. The van der Waals surface area contributed by atoms with Crippen molar-refractivity contribution in [3.05, 3.63) is 46.6 Å². The fourth-order valence-corrected chi connectivity index (χ4v) is 2.09. The number of nitrogens with zero attached hydrogens (tertiary/aromatic N) is 2. The molecule has 0 saturated carbocycles. The molecule has 0 fully saturated rings. The summed E-state index contributed by atoms with van der Waals surface area (Å²) in [5, 5.41) is 4.50. The van der Waals surface area contributed by atoms with E-state index >= 15 is 0 Å². The van der Waals surface area contributed by atoms with E-state index < -0.39 is 5.91 Å². The normalized spacial score (nSPS) is 12.6. The molecule has 1 atom stereocenters. The average Bonchev–Trinajstić information content (AvgIpc) is 2.81. The minimum atomic E-state index is -0.725. The molecule has 1 unspecified atom stereocenters. The molecule has 1 heterocycles. The van der Waals surface area contributed by atoms with E-state index in [1.54, 1.807) is 12.1 Å². The zero-order chi connectivity index (χ0) is 14.0. The number of nitrogens with two attached hydrogens (primary N) is 1. The number of halogens is 1. The van der Waals surface area contributed by atoms with Crippen molar-refractivity contribution in [3.8, 4) is 0 Å². The van der Waals surface area contributed by atoms with Crippen molar-refractivity contribution in [1.29, 1.82) is 0 Å². The van der Waals surface area contributed by atoms with Crippen LogP contribution in [-0.4, -0.2) is 16.0 Å². The lowest BCUT2D eigenvalue weighted by atomic mass is 9.88. The number of carbonyl (C=O) groups is 1. The highest BCUT2D eigenvalue weighted by atomic mass is 35.5. The first-order valence-electron chi connectivity index (χ1n) is 5.88. The fraction of sp³-hybridized carbons (Fsp3) is 0.308. The third kappa shape index (κ3) is 2.93. The predicted octanol–water partition coefficient (Wildman–Crippen LogP) is 2.61. The van der Waals surface area contributed by atoms with Crippen LogP contribution in [-0.2, 0) is 0 Å². The summed E-state index contributed by atoms with van der Waals surface area (Å²) < 4.78 is 4.84.